The molecule has 4 nitrogen and oxygen atoms in total. The summed E-state index contributed by atoms with van der Waals surface area (Å²) in [5, 5.41) is 10.2. The SMILES string of the molecule is O=S(=O)(Nc1cc(Cl)cc(Cl)c1)c1ccccc1O. The average molecular weight is 318 g/mol. The molecule has 2 aromatic carbocycles. The zero-order valence-corrected chi connectivity index (χ0v) is 11.8. The number of anilines is 1. The lowest BCUT2D eigenvalue weighted by molar-refractivity contribution is 0.459. The molecule has 0 amide bonds. The summed E-state index contributed by atoms with van der Waals surface area (Å²) in [5.74, 6) is -0.330. The van der Waals surface area contributed by atoms with Crippen LogP contribution in [0.2, 0.25) is 10.0 Å². The average Bonchev–Trinajstić information content (AvgIpc) is 2.26. The topological polar surface area (TPSA) is 66.4 Å². The Labute approximate surface area is 120 Å². The van der Waals surface area contributed by atoms with Crippen molar-refractivity contribution in [2.45, 2.75) is 4.90 Å². The van der Waals surface area contributed by atoms with Gasteiger partial charge in [0.2, 0.25) is 0 Å². The summed E-state index contributed by atoms with van der Waals surface area (Å²) in [6.45, 7) is 0. The molecule has 0 unspecified atom stereocenters. The Morgan fingerprint density at radius 3 is 2.16 bits per heavy atom. The monoisotopic (exact) mass is 317 g/mol. The molecule has 2 aromatic rings. The second-order valence-corrected chi connectivity index (χ2v) is 6.26. The van der Waals surface area contributed by atoms with Crippen LogP contribution in [-0.4, -0.2) is 13.5 Å². The quantitative estimate of drug-likeness (QED) is 0.910. The van der Waals surface area contributed by atoms with E-state index in [1.807, 2.05) is 0 Å². The first-order valence-corrected chi connectivity index (χ1v) is 7.39. The van der Waals surface area contributed by atoms with Crippen LogP contribution in [0.3, 0.4) is 0 Å². The molecule has 0 aliphatic carbocycles. The first-order valence-electron chi connectivity index (χ1n) is 5.15. The maximum Gasteiger partial charge on any atom is 0.265 e. The van der Waals surface area contributed by atoms with Crippen LogP contribution in [0, 0.1) is 0 Å². The summed E-state index contributed by atoms with van der Waals surface area (Å²) >= 11 is 11.6. The van der Waals surface area contributed by atoms with E-state index in [1.54, 1.807) is 0 Å². The third-order valence-electron chi connectivity index (χ3n) is 2.27. The molecular weight excluding hydrogens is 309 g/mol. The number of phenols is 1. The van der Waals surface area contributed by atoms with Crippen LogP contribution in [-0.2, 0) is 10.0 Å². The van der Waals surface area contributed by atoms with Crippen LogP contribution in [0.4, 0.5) is 5.69 Å². The Hall–Kier alpha value is -1.43. The van der Waals surface area contributed by atoms with Gasteiger partial charge in [-0.2, -0.15) is 0 Å². The molecule has 0 heterocycles. The molecule has 0 fully saturated rings. The van der Waals surface area contributed by atoms with Crippen molar-refractivity contribution in [3.8, 4) is 5.75 Å². The normalized spacial score (nSPS) is 11.3. The molecule has 0 saturated carbocycles. The van der Waals surface area contributed by atoms with Crippen molar-refractivity contribution in [3.63, 3.8) is 0 Å². The summed E-state index contributed by atoms with van der Waals surface area (Å²) in [5.41, 5.74) is 0.223. The molecule has 0 aliphatic heterocycles. The van der Waals surface area contributed by atoms with Gasteiger partial charge in [0, 0.05) is 10.0 Å². The number of hydrogen-bond donors (Lipinski definition) is 2. The zero-order valence-electron chi connectivity index (χ0n) is 9.47. The number of para-hydroxylation sites is 1. The number of rotatable bonds is 3. The molecule has 0 aromatic heterocycles. The number of sulfonamides is 1. The fourth-order valence-electron chi connectivity index (χ4n) is 1.51. The number of nitrogens with one attached hydrogen (secondary N) is 1. The number of phenolic OH excluding ortho intramolecular Hbond substituents is 1. The predicted molar refractivity (Wildman–Crippen MR) is 75.4 cm³/mol. The molecule has 100 valence electrons. The van der Waals surface area contributed by atoms with E-state index in [4.69, 9.17) is 23.2 Å². The summed E-state index contributed by atoms with van der Waals surface area (Å²) < 4.78 is 26.5. The predicted octanol–water partition coefficient (Wildman–Crippen LogP) is 3.50. The third-order valence-corrected chi connectivity index (χ3v) is 4.13. The van der Waals surface area contributed by atoms with E-state index in [0.717, 1.165) is 0 Å². The molecule has 0 radical (unpaired) electrons. The highest BCUT2D eigenvalue weighted by atomic mass is 35.5. The van der Waals surface area contributed by atoms with Gasteiger partial charge in [0.25, 0.3) is 10.0 Å². The van der Waals surface area contributed by atoms with Gasteiger partial charge in [0.15, 0.2) is 0 Å². The summed E-state index contributed by atoms with van der Waals surface area (Å²) in [6.07, 6.45) is 0. The van der Waals surface area contributed by atoms with Gasteiger partial charge < -0.3 is 5.11 Å². The molecule has 0 saturated heterocycles. The van der Waals surface area contributed by atoms with Crippen LogP contribution in [0.1, 0.15) is 0 Å². The van der Waals surface area contributed by atoms with Gasteiger partial charge in [0.05, 0.1) is 5.69 Å². The zero-order chi connectivity index (χ0) is 14.0. The minimum absolute atomic E-state index is 0.217. The second kappa shape index (κ2) is 5.28. The molecule has 0 spiro atoms. The lowest BCUT2D eigenvalue weighted by Crippen LogP contribution is -2.13. The van der Waals surface area contributed by atoms with Crippen molar-refractivity contribution in [2.24, 2.45) is 0 Å². The molecule has 0 aliphatic rings. The number of aromatic hydroxyl groups is 1. The van der Waals surface area contributed by atoms with Crippen LogP contribution in [0.15, 0.2) is 47.4 Å². The molecule has 0 bridgehead atoms. The van der Waals surface area contributed by atoms with Gasteiger partial charge >= 0.3 is 0 Å². The molecule has 2 rings (SSSR count). The lowest BCUT2D eigenvalue weighted by Gasteiger charge is -2.10. The van der Waals surface area contributed by atoms with Crippen molar-refractivity contribution in [2.75, 3.05) is 4.72 Å². The van der Waals surface area contributed by atoms with E-state index >= 15 is 0 Å². The maximum absolute atomic E-state index is 12.1. The Balaban J connectivity index is 2.39. The van der Waals surface area contributed by atoms with E-state index in [9.17, 15) is 13.5 Å². The summed E-state index contributed by atoms with van der Waals surface area (Å²) in [6, 6.07) is 9.96. The van der Waals surface area contributed by atoms with Gasteiger partial charge in [-0.3, -0.25) is 4.72 Å². The van der Waals surface area contributed by atoms with Gasteiger partial charge in [0.1, 0.15) is 10.6 Å². The Morgan fingerprint density at radius 1 is 1.00 bits per heavy atom. The molecule has 19 heavy (non-hydrogen) atoms. The molecule has 2 N–H and O–H groups in total. The number of halogens is 2. The van der Waals surface area contributed by atoms with E-state index < -0.39 is 10.0 Å². The first-order chi connectivity index (χ1) is 8.88. The van der Waals surface area contributed by atoms with E-state index in [-0.39, 0.29) is 16.3 Å². The Morgan fingerprint density at radius 2 is 1.58 bits per heavy atom. The van der Waals surface area contributed by atoms with Gasteiger partial charge in [-0.05, 0) is 30.3 Å². The summed E-state index contributed by atoms with van der Waals surface area (Å²) in [4.78, 5) is -0.217. The van der Waals surface area contributed by atoms with E-state index in [1.165, 1.54) is 42.5 Å². The fourth-order valence-corrected chi connectivity index (χ4v) is 3.17. The van der Waals surface area contributed by atoms with Crippen LogP contribution < -0.4 is 4.72 Å². The van der Waals surface area contributed by atoms with Crippen LogP contribution in [0.25, 0.3) is 0 Å². The smallest absolute Gasteiger partial charge is 0.265 e. The number of hydrogen-bond acceptors (Lipinski definition) is 3. The van der Waals surface area contributed by atoms with Crippen molar-refractivity contribution in [1.29, 1.82) is 0 Å². The standard InChI is InChI=1S/C12H9Cl2NO3S/c13-8-5-9(14)7-10(6-8)15-19(17,18)12-4-2-1-3-11(12)16/h1-7,15-16H. The highest BCUT2D eigenvalue weighted by Crippen LogP contribution is 2.27. The first kappa shape index (κ1) is 14.0. The Kier molecular flexibility index (Phi) is 3.89. The minimum atomic E-state index is -3.89. The third kappa shape index (κ3) is 3.32. The van der Waals surface area contributed by atoms with Crippen molar-refractivity contribution >= 4 is 38.9 Å². The Bertz CT molecular complexity index is 696. The van der Waals surface area contributed by atoms with Crippen molar-refractivity contribution < 1.29 is 13.5 Å². The van der Waals surface area contributed by atoms with Crippen LogP contribution in [0.5, 0.6) is 5.75 Å². The minimum Gasteiger partial charge on any atom is -0.507 e. The maximum atomic E-state index is 12.1. The van der Waals surface area contributed by atoms with E-state index in [0.29, 0.717) is 10.0 Å². The van der Waals surface area contributed by atoms with E-state index in [2.05, 4.69) is 4.72 Å². The van der Waals surface area contributed by atoms with Crippen LogP contribution >= 0.6 is 23.2 Å². The van der Waals surface area contributed by atoms with Gasteiger partial charge in [-0.15, -0.1) is 0 Å². The highest BCUT2D eigenvalue weighted by molar-refractivity contribution is 7.92. The number of benzene rings is 2. The molecule has 0 atom stereocenters. The highest BCUT2D eigenvalue weighted by Gasteiger charge is 2.18. The molecular formula is C12H9Cl2NO3S. The fraction of sp³-hybridized carbons (Fsp3) is 0. The van der Waals surface area contributed by atoms with Gasteiger partial charge in [-0.25, -0.2) is 8.42 Å². The van der Waals surface area contributed by atoms with Gasteiger partial charge in [-0.1, -0.05) is 35.3 Å². The summed E-state index contributed by atoms with van der Waals surface area (Å²) in [7, 11) is -3.89. The lowest BCUT2D eigenvalue weighted by atomic mass is 10.3. The largest absolute Gasteiger partial charge is 0.507 e. The van der Waals surface area contributed by atoms with Crippen molar-refractivity contribution in [3.05, 3.63) is 52.5 Å². The molecule has 7 heteroatoms. The second-order valence-electron chi connectivity index (χ2n) is 3.73. The van der Waals surface area contributed by atoms with Crippen molar-refractivity contribution in [1.82, 2.24) is 0 Å².